The Hall–Kier alpha value is -2.33. The molecule has 0 radical (unpaired) electrons. The molecular weight excluding hydrogens is 568 g/mol. The number of carbonyl (C=O) groups is 2. The van der Waals surface area contributed by atoms with E-state index in [9.17, 15) is 9.59 Å². The average Bonchev–Trinajstić information content (AvgIpc) is 3.02. The molecule has 0 aromatic heterocycles. The summed E-state index contributed by atoms with van der Waals surface area (Å²) in [6, 6.07) is 0. The van der Waals surface area contributed by atoms with Crippen LogP contribution in [-0.2, 0) is 19.1 Å². The molecule has 0 amide bonds. The summed E-state index contributed by atoms with van der Waals surface area (Å²) in [7, 11) is 0. The number of allylic oxidation sites excluding steroid dienone is 12. The molecule has 0 bridgehead atoms. The summed E-state index contributed by atoms with van der Waals surface area (Å²) in [5, 5.41) is 0. The Labute approximate surface area is 275 Å². The molecule has 250 valence electrons. The predicted octanol–water partition coefficient (Wildman–Crippen LogP) is 11.9. The zero-order chi connectivity index (χ0) is 32.2. The monoisotopic (exact) mass is 630 g/mol. The molecule has 0 aliphatic rings. The Morgan fingerprint density at radius 1 is 0.523 bits per heavy atom. The molecule has 0 aliphatic heterocycles. The molecule has 0 saturated heterocycles. The lowest BCUT2D eigenvalue weighted by Crippen LogP contribution is -2.26. The maximum Gasteiger partial charge on any atom is 0.306 e. The highest BCUT2D eigenvalue weighted by Gasteiger charge is 2.16. The van der Waals surface area contributed by atoms with E-state index in [1.165, 1.54) is 25.7 Å². The molecule has 4 nitrogen and oxygen atoms in total. The van der Waals surface area contributed by atoms with Crippen LogP contribution in [0.1, 0.15) is 142 Å². The molecule has 0 aromatic carbocycles. The van der Waals surface area contributed by atoms with Crippen molar-refractivity contribution in [2.75, 3.05) is 12.5 Å². The number of unbranched alkanes of at least 4 members (excludes halogenated alkanes) is 10. The number of ether oxygens (including phenoxy) is 2. The van der Waals surface area contributed by atoms with Crippen LogP contribution in [-0.4, -0.2) is 30.5 Å². The molecule has 0 fully saturated rings. The van der Waals surface area contributed by atoms with Crippen molar-refractivity contribution in [3.05, 3.63) is 72.9 Å². The van der Waals surface area contributed by atoms with Gasteiger partial charge in [-0.1, -0.05) is 125 Å². The topological polar surface area (TPSA) is 52.6 Å². The molecule has 0 spiro atoms. The third kappa shape index (κ3) is 32.6. The molecular formula is C39H63ClO4. The van der Waals surface area contributed by atoms with Gasteiger partial charge >= 0.3 is 11.9 Å². The van der Waals surface area contributed by atoms with E-state index in [2.05, 4.69) is 86.8 Å². The highest BCUT2D eigenvalue weighted by atomic mass is 35.5. The Balaban J connectivity index is 3.67. The Bertz CT molecular complexity index is 837. The number of rotatable bonds is 30. The van der Waals surface area contributed by atoms with Crippen LogP contribution in [0.3, 0.4) is 0 Å². The second-order valence-corrected chi connectivity index (χ2v) is 11.5. The number of halogens is 1. The summed E-state index contributed by atoms with van der Waals surface area (Å²) < 4.78 is 10.7. The van der Waals surface area contributed by atoms with Gasteiger partial charge in [0, 0.05) is 12.8 Å². The van der Waals surface area contributed by atoms with E-state index in [1.807, 2.05) is 0 Å². The molecule has 0 N–H and O–H groups in total. The van der Waals surface area contributed by atoms with Crippen molar-refractivity contribution in [2.45, 2.75) is 148 Å². The summed E-state index contributed by atoms with van der Waals surface area (Å²) in [5.74, 6) is -0.387. The van der Waals surface area contributed by atoms with Crippen LogP contribution in [0.25, 0.3) is 0 Å². The van der Waals surface area contributed by atoms with Crippen LogP contribution < -0.4 is 0 Å². The van der Waals surface area contributed by atoms with Crippen molar-refractivity contribution in [1.82, 2.24) is 0 Å². The van der Waals surface area contributed by atoms with Gasteiger partial charge in [-0.15, -0.1) is 11.6 Å². The highest BCUT2D eigenvalue weighted by molar-refractivity contribution is 6.18. The smallest absolute Gasteiger partial charge is 0.306 e. The molecule has 0 saturated carbocycles. The van der Waals surface area contributed by atoms with Crippen LogP contribution in [0.2, 0.25) is 0 Å². The van der Waals surface area contributed by atoms with Gasteiger partial charge in [-0.25, -0.2) is 0 Å². The van der Waals surface area contributed by atoms with Gasteiger partial charge in [0.05, 0.1) is 5.88 Å². The Morgan fingerprint density at radius 2 is 0.909 bits per heavy atom. The maximum atomic E-state index is 12.2. The summed E-state index contributed by atoms with van der Waals surface area (Å²) in [5.41, 5.74) is 0. The van der Waals surface area contributed by atoms with Gasteiger partial charge in [0.15, 0.2) is 0 Å². The van der Waals surface area contributed by atoms with E-state index in [1.54, 1.807) is 0 Å². The number of hydrogen-bond acceptors (Lipinski definition) is 4. The van der Waals surface area contributed by atoms with Gasteiger partial charge in [0.25, 0.3) is 0 Å². The van der Waals surface area contributed by atoms with Gasteiger partial charge < -0.3 is 9.47 Å². The fourth-order valence-electron chi connectivity index (χ4n) is 4.39. The molecule has 0 heterocycles. The number of hydrogen-bond donors (Lipinski definition) is 0. The minimum absolute atomic E-state index is 0.0320. The van der Waals surface area contributed by atoms with Crippen molar-refractivity contribution >= 4 is 23.5 Å². The Morgan fingerprint density at radius 3 is 1.36 bits per heavy atom. The first-order valence-corrected chi connectivity index (χ1v) is 18.0. The molecule has 5 heteroatoms. The lowest BCUT2D eigenvalue weighted by atomic mass is 10.1. The fraction of sp³-hybridized carbons (Fsp3) is 0.641. The standard InChI is InChI=1S/C39H63ClO4/c1-3-5-7-9-11-13-15-17-19-21-23-25-27-29-31-33-38(41)43-36-37(35-40)44-39(42)34-32-30-28-26-24-22-20-18-16-14-12-10-8-6-4-2/h5-8,11-14,17-20,37H,3-4,9-10,15-16,21-36H2,1-2H3/b7-5-,8-6-,13-11-,14-12-,19-17-,20-18-. The zero-order valence-electron chi connectivity index (χ0n) is 28.1. The van der Waals surface area contributed by atoms with E-state index in [4.69, 9.17) is 21.1 Å². The van der Waals surface area contributed by atoms with Crippen LogP contribution in [0.15, 0.2) is 72.9 Å². The van der Waals surface area contributed by atoms with E-state index >= 15 is 0 Å². The van der Waals surface area contributed by atoms with Crippen LogP contribution in [0.4, 0.5) is 0 Å². The van der Waals surface area contributed by atoms with E-state index in [0.29, 0.717) is 12.8 Å². The lowest BCUT2D eigenvalue weighted by molar-refractivity contribution is -0.157. The highest BCUT2D eigenvalue weighted by Crippen LogP contribution is 2.11. The minimum Gasteiger partial charge on any atom is -0.462 e. The first-order chi connectivity index (χ1) is 21.6. The SMILES string of the molecule is CC/C=C\C/C=C\C/C=C\CCCCCCCC(=O)OCC(CCl)OC(=O)CCCCCCC/C=C\C/C=C\C/C=C\CC. The van der Waals surface area contributed by atoms with Crippen LogP contribution in [0.5, 0.6) is 0 Å². The van der Waals surface area contributed by atoms with Crippen LogP contribution in [0, 0.1) is 0 Å². The first-order valence-electron chi connectivity index (χ1n) is 17.4. The maximum absolute atomic E-state index is 12.2. The van der Waals surface area contributed by atoms with Crippen molar-refractivity contribution in [3.63, 3.8) is 0 Å². The third-order valence-corrected chi connectivity index (χ3v) is 7.31. The van der Waals surface area contributed by atoms with E-state index < -0.39 is 6.10 Å². The van der Waals surface area contributed by atoms with Crippen molar-refractivity contribution < 1.29 is 19.1 Å². The minimum atomic E-state index is -0.580. The van der Waals surface area contributed by atoms with Gasteiger partial charge in [-0.05, 0) is 77.0 Å². The summed E-state index contributed by atoms with van der Waals surface area (Å²) in [6.45, 7) is 4.33. The van der Waals surface area contributed by atoms with E-state index in [0.717, 1.165) is 89.9 Å². The van der Waals surface area contributed by atoms with Crippen LogP contribution >= 0.6 is 11.6 Å². The number of alkyl halides is 1. The average molecular weight is 631 g/mol. The third-order valence-electron chi connectivity index (χ3n) is 6.96. The summed E-state index contributed by atoms with van der Waals surface area (Å²) in [4.78, 5) is 24.2. The Kier molecular flexibility index (Phi) is 33.3. The zero-order valence-corrected chi connectivity index (χ0v) is 28.8. The van der Waals surface area contributed by atoms with E-state index in [-0.39, 0.29) is 24.4 Å². The quantitative estimate of drug-likeness (QED) is 0.0343. The normalized spacial score (nSPS) is 13.1. The van der Waals surface area contributed by atoms with Crippen molar-refractivity contribution in [3.8, 4) is 0 Å². The fourth-order valence-corrected chi connectivity index (χ4v) is 4.54. The van der Waals surface area contributed by atoms with Crippen molar-refractivity contribution in [2.24, 2.45) is 0 Å². The molecule has 44 heavy (non-hydrogen) atoms. The largest absolute Gasteiger partial charge is 0.462 e. The number of carbonyl (C=O) groups excluding carboxylic acids is 2. The predicted molar refractivity (Wildman–Crippen MR) is 190 cm³/mol. The molecule has 1 atom stereocenters. The summed E-state index contributed by atoms with van der Waals surface area (Å²) >= 11 is 5.95. The van der Waals surface area contributed by atoms with Gasteiger partial charge in [-0.2, -0.15) is 0 Å². The molecule has 0 aliphatic carbocycles. The molecule has 1 unspecified atom stereocenters. The molecule has 0 aromatic rings. The molecule has 0 rings (SSSR count). The van der Waals surface area contributed by atoms with Gasteiger partial charge in [0.1, 0.15) is 12.7 Å². The van der Waals surface area contributed by atoms with Gasteiger partial charge in [0.2, 0.25) is 0 Å². The van der Waals surface area contributed by atoms with Crippen molar-refractivity contribution in [1.29, 1.82) is 0 Å². The number of esters is 2. The summed E-state index contributed by atoms with van der Waals surface area (Å²) in [6.07, 6.45) is 45.9. The van der Waals surface area contributed by atoms with Gasteiger partial charge in [-0.3, -0.25) is 9.59 Å². The first kappa shape index (κ1) is 41.7. The lowest BCUT2D eigenvalue weighted by Gasteiger charge is -2.15. The second-order valence-electron chi connectivity index (χ2n) is 11.1. The second kappa shape index (κ2) is 35.2.